The molecule has 0 amide bonds. The monoisotopic (exact) mass is 401 g/mol. The van der Waals surface area contributed by atoms with Crippen LogP contribution in [0.4, 0.5) is 0 Å². The summed E-state index contributed by atoms with van der Waals surface area (Å²) < 4.78 is 5.45. The molecule has 29 heavy (non-hydrogen) atoms. The number of likely N-dealkylation sites (tertiary alicyclic amines) is 1. The number of morpholine rings is 1. The highest BCUT2D eigenvalue weighted by atomic mass is 16.5. The lowest BCUT2D eigenvalue weighted by molar-refractivity contribution is 0.0323. The first-order valence-corrected chi connectivity index (χ1v) is 11.3. The van der Waals surface area contributed by atoms with Crippen molar-refractivity contribution in [2.45, 2.75) is 39.3 Å². The predicted molar refractivity (Wildman–Crippen MR) is 120 cm³/mol. The molecule has 0 saturated carbocycles. The molecule has 1 aromatic carbocycles. The Balaban J connectivity index is 1.47. The van der Waals surface area contributed by atoms with Crippen molar-refractivity contribution < 1.29 is 4.74 Å². The predicted octanol–water partition coefficient (Wildman–Crippen LogP) is 2.17. The van der Waals surface area contributed by atoms with E-state index in [1.54, 1.807) is 0 Å². The van der Waals surface area contributed by atoms with Crippen LogP contribution in [0.1, 0.15) is 32.3 Å². The lowest BCUT2D eigenvalue weighted by Gasteiger charge is -2.34. The number of piperidine rings is 1. The van der Waals surface area contributed by atoms with Gasteiger partial charge in [-0.05, 0) is 37.8 Å². The van der Waals surface area contributed by atoms with Crippen molar-refractivity contribution in [3.8, 4) is 0 Å². The molecule has 6 heteroatoms. The van der Waals surface area contributed by atoms with E-state index in [1.807, 2.05) is 0 Å². The van der Waals surface area contributed by atoms with E-state index < -0.39 is 0 Å². The highest BCUT2D eigenvalue weighted by Gasteiger charge is 2.21. The zero-order valence-corrected chi connectivity index (χ0v) is 18.3. The minimum atomic E-state index is 0.458. The molecule has 2 unspecified atom stereocenters. The molecule has 2 heterocycles. The smallest absolute Gasteiger partial charge is 0.191 e. The van der Waals surface area contributed by atoms with Crippen LogP contribution in [0, 0.1) is 5.92 Å². The van der Waals surface area contributed by atoms with Crippen molar-refractivity contribution in [2.24, 2.45) is 10.9 Å². The molecule has 2 fully saturated rings. The normalized spacial score (nSPS) is 23.0. The Morgan fingerprint density at radius 1 is 1.17 bits per heavy atom. The second kappa shape index (κ2) is 12.2. The van der Waals surface area contributed by atoms with Gasteiger partial charge in [0.2, 0.25) is 0 Å². The second-order valence-corrected chi connectivity index (χ2v) is 8.44. The van der Waals surface area contributed by atoms with Crippen molar-refractivity contribution >= 4 is 5.96 Å². The lowest BCUT2D eigenvalue weighted by atomic mass is 10.0. The van der Waals surface area contributed by atoms with Gasteiger partial charge in [0.15, 0.2) is 5.96 Å². The first kappa shape index (κ1) is 22.1. The van der Waals surface area contributed by atoms with E-state index in [4.69, 9.17) is 9.73 Å². The Morgan fingerprint density at radius 3 is 2.72 bits per heavy atom. The molecule has 1 aromatic rings. The van der Waals surface area contributed by atoms with Crippen LogP contribution in [0.2, 0.25) is 0 Å². The molecule has 2 aliphatic heterocycles. The number of ether oxygens (including phenoxy) is 1. The summed E-state index contributed by atoms with van der Waals surface area (Å²) in [4.78, 5) is 9.95. The van der Waals surface area contributed by atoms with Crippen LogP contribution in [-0.4, -0.2) is 80.8 Å². The van der Waals surface area contributed by atoms with Crippen molar-refractivity contribution in [2.75, 3.05) is 59.0 Å². The molecule has 162 valence electrons. The summed E-state index contributed by atoms with van der Waals surface area (Å²) in [6, 6.07) is 11.2. The van der Waals surface area contributed by atoms with Crippen molar-refractivity contribution in [3.05, 3.63) is 35.9 Å². The van der Waals surface area contributed by atoms with Crippen LogP contribution in [0.15, 0.2) is 35.3 Å². The molecule has 0 aliphatic carbocycles. The van der Waals surface area contributed by atoms with Gasteiger partial charge >= 0.3 is 0 Å². The number of nitrogens with zero attached hydrogens (tertiary/aromatic N) is 3. The fourth-order valence-corrected chi connectivity index (χ4v) is 4.20. The van der Waals surface area contributed by atoms with Gasteiger partial charge in [-0.2, -0.15) is 0 Å². The molecule has 2 aliphatic rings. The number of hydrogen-bond donors (Lipinski definition) is 2. The molecular weight excluding hydrogens is 362 g/mol. The molecule has 2 N–H and O–H groups in total. The van der Waals surface area contributed by atoms with Crippen LogP contribution in [0.25, 0.3) is 0 Å². The summed E-state index contributed by atoms with van der Waals surface area (Å²) in [5.41, 5.74) is 1.39. The maximum atomic E-state index is 5.45. The van der Waals surface area contributed by atoms with E-state index in [2.05, 4.69) is 64.6 Å². The Kier molecular flexibility index (Phi) is 9.25. The Morgan fingerprint density at radius 2 is 1.97 bits per heavy atom. The van der Waals surface area contributed by atoms with Gasteiger partial charge in [0, 0.05) is 51.9 Å². The van der Waals surface area contributed by atoms with Crippen LogP contribution in [-0.2, 0) is 11.3 Å². The van der Waals surface area contributed by atoms with Gasteiger partial charge < -0.3 is 15.4 Å². The van der Waals surface area contributed by atoms with Crippen molar-refractivity contribution in [1.82, 2.24) is 20.4 Å². The third-order valence-electron chi connectivity index (χ3n) is 5.67. The average Bonchev–Trinajstić information content (AvgIpc) is 2.74. The van der Waals surface area contributed by atoms with E-state index in [0.29, 0.717) is 12.0 Å². The van der Waals surface area contributed by atoms with Crippen molar-refractivity contribution in [3.63, 3.8) is 0 Å². The lowest BCUT2D eigenvalue weighted by Crippen LogP contribution is -2.51. The highest BCUT2D eigenvalue weighted by molar-refractivity contribution is 5.80. The minimum Gasteiger partial charge on any atom is -0.379 e. The molecule has 6 nitrogen and oxygen atoms in total. The fourth-order valence-electron chi connectivity index (χ4n) is 4.20. The maximum absolute atomic E-state index is 5.45. The van der Waals surface area contributed by atoms with Gasteiger partial charge in [-0.3, -0.25) is 14.8 Å². The van der Waals surface area contributed by atoms with Crippen LogP contribution in [0.5, 0.6) is 0 Å². The first-order chi connectivity index (χ1) is 14.2. The van der Waals surface area contributed by atoms with E-state index in [9.17, 15) is 0 Å². The number of hydrogen-bond acceptors (Lipinski definition) is 4. The number of aliphatic imine (C=N–C) groups is 1. The van der Waals surface area contributed by atoms with E-state index >= 15 is 0 Å². The van der Waals surface area contributed by atoms with E-state index in [-0.39, 0.29) is 0 Å². The average molecular weight is 402 g/mol. The zero-order chi connectivity index (χ0) is 20.3. The molecule has 2 atom stereocenters. The third-order valence-corrected chi connectivity index (χ3v) is 5.67. The van der Waals surface area contributed by atoms with Crippen LogP contribution in [0.3, 0.4) is 0 Å². The van der Waals surface area contributed by atoms with Crippen molar-refractivity contribution in [1.29, 1.82) is 0 Å². The maximum Gasteiger partial charge on any atom is 0.191 e. The summed E-state index contributed by atoms with van der Waals surface area (Å²) in [7, 11) is 0. The third kappa shape index (κ3) is 7.96. The fraction of sp³-hybridized carbons (Fsp3) is 0.696. The number of nitrogens with one attached hydrogen (secondary N) is 2. The molecule has 0 aromatic heterocycles. The number of rotatable bonds is 8. The molecule has 3 rings (SSSR count). The van der Waals surface area contributed by atoms with Gasteiger partial charge in [0.25, 0.3) is 0 Å². The van der Waals surface area contributed by atoms with Gasteiger partial charge in [-0.15, -0.1) is 0 Å². The largest absolute Gasteiger partial charge is 0.379 e. The SMILES string of the molecule is CCNC(=NCC(C)CN1CCOCC1)NC1CCCN(Cc2ccccc2)C1. The molecule has 2 saturated heterocycles. The quantitative estimate of drug-likeness (QED) is 0.517. The zero-order valence-electron chi connectivity index (χ0n) is 18.3. The molecule has 0 spiro atoms. The summed E-state index contributed by atoms with van der Waals surface area (Å²) >= 11 is 0. The van der Waals surface area contributed by atoms with Gasteiger partial charge in [0.05, 0.1) is 13.2 Å². The van der Waals surface area contributed by atoms with E-state index in [0.717, 1.165) is 65.0 Å². The molecule has 0 bridgehead atoms. The van der Waals surface area contributed by atoms with Gasteiger partial charge in [-0.25, -0.2) is 0 Å². The standard InChI is InChI=1S/C23H39N5O/c1-3-24-23(25-16-20(2)17-27-12-14-29-15-13-27)26-22-10-7-11-28(19-22)18-21-8-5-4-6-9-21/h4-6,8-9,20,22H,3,7,10-19H2,1-2H3,(H2,24,25,26). The van der Waals surface area contributed by atoms with E-state index in [1.165, 1.54) is 24.9 Å². The Labute approximate surface area is 176 Å². The topological polar surface area (TPSA) is 52.1 Å². The van der Waals surface area contributed by atoms with Crippen LogP contribution >= 0.6 is 0 Å². The summed E-state index contributed by atoms with van der Waals surface area (Å²) in [6.45, 7) is 14.4. The summed E-state index contributed by atoms with van der Waals surface area (Å²) in [5, 5.41) is 7.14. The minimum absolute atomic E-state index is 0.458. The molecule has 0 radical (unpaired) electrons. The first-order valence-electron chi connectivity index (χ1n) is 11.3. The summed E-state index contributed by atoms with van der Waals surface area (Å²) in [5.74, 6) is 1.51. The number of guanidine groups is 1. The number of benzene rings is 1. The van der Waals surface area contributed by atoms with Gasteiger partial charge in [-0.1, -0.05) is 37.3 Å². The molecular formula is C23H39N5O. The van der Waals surface area contributed by atoms with Crippen LogP contribution < -0.4 is 10.6 Å². The Bertz CT molecular complexity index is 603. The second-order valence-electron chi connectivity index (χ2n) is 8.44. The van der Waals surface area contributed by atoms with Gasteiger partial charge in [0.1, 0.15) is 0 Å². The summed E-state index contributed by atoms with van der Waals surface area (Å²) in [6.07, 6.45) is 2.44. The Hall–Kier alpha value is -1.63. The highest BCUT2D eigenvalue weighted by Crippen LogP contribution is 2.14.